The standard InChI is InChI=1S/C26H26N6O/c1-2-16-27-26-30-25-23(31-32-26)21-10-6-7-11-22(21)28-24(29-25)19-12-14-20(15-13-19)33-17-18-8-4-3-5-9-18/h3-15,24,28H,2,16-17H2,1H3,(H2,27,29,30,32). The number of fused-ring (bicyclic) bond motifs is 3. The van der Waals surface area contributed by atoms with Crippen LogP contribution in [0.5, 0.6) is 5.75 Å². The third kappa shape index (κ3) is 4.72. The number of hydrogen-bond donors (Lipinski definition) is 3. The monoisotopic (exact) mass is 438 g/mol. The van der Waals surface area contributed by atoms with Gasteiger partial charge in [0, 0.05) is 17.8 Å². The molecule has 1 aliphatic rings. The summed E-state index contributed by atoms with van der Waals surface area (Å²) < 4.78 is 5.95. The quantitative estimate of drug-likeness (QED) is 0.352. The maximum Gasteiger partial charge on any atom is 0.244 e. The summed E-state index contributed by atoms with van der Waals surface area (Å²) in [6.07, 6.45) is 0.797. The molecule has 0 bridgehead atoms. The summed E-state index contributed by atoms with van der Waals surface area (Å²) in [5.74, 6) is 2.04. The van der Waals surface area contributed by atoms with Crippen LogP contribution in [0.15, 0.2) is 78.9 Å². The van der Waals surface area contributed by atoms with Crippen LogP contribution < -0.4 is 20.7 Å². The average Bonchev–Trinajstić information content (AvgIpc) is 3.03. The topological polar surface area (TPSA) is 84.0 Å². The first-order valence-corrected chi connectivity index (χ1v) is 11.2. The zero-order valence-electron chi connectivity index (χ0n) is 18.5. The Hall–Kier alpha value is -4.13. The Morgan fingerprint density at radius 2 is 1.67 bits per heavy atom. The fourth-order valence-corrected chi connectivity index (χ4v) is 3.73. The number of anilines is 3. The molecule has 0 amide bonds. The van der Waals surface area contributed by atoms with Crippen molar-refractivity contribution >= 4 is 17.5 Å². The van der Waals surface area contributed by atoms with Crippen molar-refractivity contribution in [1.29, 1.82) is 0 Å². The van der Waals surface area contributed by atoms with Gasteiger partial charge in [-0.3, -0.25) is 0 Å². The molecule has 1 aromatic heterocycles. The number of aromatic nitrogens is 3. The summed E-state index contributed by atoms with van der Waals surface area (Å²) in [6, 6.07) is 26.3. The van der Waals surface area contributed by atoms with E-state index in [0.29, 0.717) is 18.4 Å². The Balaban J connectivity index is 1.39. The Morgan fingerprint density at radius 3 is 2.48 bits per heavy atom. The number of para-hydroxylation sites is 1. The van der Waals surface area contributed by atoms with Crippen LogP contribution in [0.2, 0.25) is 0 Å². The van der Waals surface area contributed by atoms with Crippen LogP contribution in [-0.2, 0) is 6.61 Å². The molecule has 1 atom stereocenters. The smallest absolute Gasteiger partial charge is 0.244 e. The van der Waals surface area contributed by atoms with Crippen molar-refractivity contribution in [2.24, 2.45) is 0 Å². The van der Waals surface area contributed by atoms with Gasteiger partial charge in [0.05, 0.1) is 0 Å². The van der Waals surface area contributed by atoms with Gasteiger partial charge in [0.2, 0.25) is 5.95 Å². The number of nitrogens with one attached hydrogen (secondary N) is 3. The van der Waals surface area contributed by atoms with E-state index in [-0.39, 0.29) is 6.17 Å². The van der Waals surface area contributed by atoms with Crippen molar-refractivity contribution in [2.45, 2.75) is 26.1 Å². The van der Waals surface area contributed by atoms with Gasteiger partial charge in [0.25, 0.3) is 0 Å². The van der Waals surface area contributed by atoms with Gasteiger partial charge in [-0.1, -0.05) is 67.6 Å². The minimum absolute atomic E-state index is 0.189. The van der Waals surface area contributed by atoms with Crippen molar-refractivity contribution in [3.63, 3.8) is 0 Å². The Kier molecular flexibility index (Phi) is 6.01. The fraction of sp³-hybridized carbons (Fsp3) is 0.192. The number of nitrogens with zero attached hydrogens (tertiary/aromatic N) is 3. The summed E-state index contributed by atoms with van der Waals surface area (Å²) in [7, 11) is 0. The molecule has 7 heteroatoms. The van der Waals surface area contributed by atoms with E-state index in [1.807, 2.05) is 54.6 Å². The van der Waals surface area contributed by atoms with Crippen LogP contribution in [0.3, 0.4) is 0 Å². The summed E-state index contributed by atoms with van der Waals surface area (Å²) in [4.78, 5) is 4.71. The van der Waals surface area contributed by atoms with E-state index in [4.69, 9.17) is 9.72 Å². The van der Waals surface area contributed by atoms with Crippen LogP contribution in [0.25, 0.3) is 11.3 Å². The van der Waals surface area contributed by atoms with Crippen LogP contribution >= 0.6 is 0 Å². The van der Waals surface area contributed by atoms with Crippen LogP contribution in [0.1, 0.15) is 30.6 Å². The first-order chi connectivity index (χ1) is 16.3. The highest BCUT2D eigenvalue weighted by molar-refractivity contribution is 5.84. The van der Waals surface area contributed by atoms with Gasteiger partial charge in [-0.05, 0) is 35.7 Å². The first-order valence-electron chi connectivity index (χ1n) is 11.2. The molecule has 166 valence electrons. The zero-order valence-corrected chi connectivity index (χ0v) is 18.5. The fourth-order valence-electron chi connectivity index (χ4n) is 3.73. The highest BCUT2D eigenvalue weighted by Crippen LogP contribution is 2.37. The molecule has 7 nitrogen and oxygen atoms in total. The van der Waals surface area contributed by atoms with E-state index in [2.05, 4.69) is 57.3 Å². The molecule has 0 saturated carbocycles. The third-order valence-electron chi connectivity index (χ3n) is 5.44. The van der Waals surface area contributed by atoms with Crippen LogP contribution in [-0.4, -0.2) is 21.7 Å². The molecule has 0 aliphatic carbocycles. The van der Waals surface area contributed by atoms with Crippen molar-refractivity contribution < 1.29 is 4.74 Å². The maximum absolute atomic E-state index is 5.95. The maximum atomic E-state index is 5.95. The second-order valence-corrected chi connectivity index (χ2v) is 7.87. The van der Waals surface area contributed by atoms with E-state index < -0.39 is 0 Å². The number of hydrogen-bond acceptors (Lipinski definition) is 7. The normalized spacial score (nSPS) is 14.2. The highest BCUT2D eigenvalue weighted by atomic mass is 16.5. The van der Waals surface area contributed by atoms with Crippen LogP contribution in [0, 0.1) is 0 Å². The molecule has 1 aliphatic heterocycles. The molecule has 1 unspecified atom stereocenters. The van der Waals surface area contributed by atoms with Crippen molar-refractivity contribution in [3.05, 3.63) is 90.0 Å². The molecule has 0 radical (unpaired) electrons. The number of benzene rings is 3. The predicted molar refractivity (Wildman–Crippen MR) is 131 cm³/mol. The molecule has 0 fully saturated rings. The van der Waals surface area contributed by atoms with E-state index in [1.165, 1.54) is 0 Å². The second kappa shape index (κ2) is 9.56. The van der Waals surface area contributed by atoms with Gasteiger partial charge in [-0.15, -0.1) is 10.2 Å². The molecule has 4 aromatic rings. The molecule has 0 saturated heterocycles. The summed E-state index contributed by atoms with van der Waals surface area (Å²) in [5.41, 5.74) is 4.87. The van der Waals surface area contributed by atoms with Crippen molar-refractivity contribution in [1.82, 2.24) is 15.2 Å². The Morgan fingerprint density at radius 1 is 0.879 bits per heavy atom. The van der Waals surface area contributed by atoms with Crippen molar-refractivity contribution in [2.75, 3.05) is 22.5 Å². The molecule has 3 N–H and O–H groups in total. The summed E-state index contributed by atoms with van der Waals surface area (Å²) >= 11 is 0. The zero-order chi connectivity index (χ0) is 22.5. The molecule has 3 aromatic carbocycles. The third-order valence-corrected chi connectivity index (χ3v) is 5.44. The van der Waals surface area contributed by atoms with E-state index >= 15 is 0 Å². The van der Waals surface area contributed by atoms with Gasteiger partial charge in [-0.25, -0.2) is 0 Å². The first kappa shape index (κ1) is 20.8. The molecule has 33 heavy (non-hydrogen) atoms. The van der Waals surface area contributed by atoms with Gasteiger partial charge >= 0.3 is 0 Å². The van der Waals surface area contributed by atoms with E-state index in [0.717, 1.165) is 46.8 Å². The summed E-state index contributed by atoms with van der Waals surface area (Å²) in [5, 5.41) is 19.1. The number of ether oxygens (including phenoxy) is 1. The lowest BCUT2D eigenvalue weighted by molar-refractivity contribution is 0.306. The minimum Gasteiger partial charge on any atom is -0.489 e. The average molecular weight is 439 g/mol. The Bertz CT molecular complexity index is 1210. The molecule has 2 heterocycles. The van der Waals surface area contributed by atoms with Gasteiger partial charge in [-0.2, -0.15) is 4.98 Å². The van der Waals surface area contributed by atoms with E-state index in [9.17, 15) is 0 Å². The molecule has 5 rings (SSSR count). The van der Waals surface area contributed by atoms with E-state index in [1.54, 1.807) is 0 Å². The number of rotatable bonds is 7. The molecular weight excluding hydrogens is 412 g/mol. The van der Waals surface area contributed by atoms with Gasteiger partial charge in [0.15, 0.2) is 5.82 Å². The predicted octanol–water partition coefficient (Wildman–Crippen LogP) is 5.48. The highest BCUT2D eigenvalue weighted by Gasteiger charge is 2.24. The lowest BCUT2D eigenvalue weighted by Crippen LogP contribution is -2.19. The second-order valence-electron chi connectivity index (χ2n) is 7.87. The Labute approximate surface area is 193 Å². The molecular formula is C26H26N6O. The van der Waals surface area contributed by atoms with Crippen LogP contribution in [0.4, 0.5) is 17.5 Å². The largest absolute Gasteiger partial charge is 0.489 e. The molecule has 0 spiro atoms. The van der Waals surface area contributed by atoms with Gasteiger partial charge in [0.1, 0.15) is 24.2 Å². The van der Waals surface area contributed by atoms with Crippen molar-refractivity contribution in [3.8, 4) is 17.0 Å². The summed E-state index contributed by atoms with van der Waals surface area (Å²) in [6.45, 7) is 3.44. The SMILES string of the molecule is CCCNc1nnc2c(n1)NC(c1ccc(OCc3ccccc3)cc1)Nc1ccccc1-2. The lowest BCUT2D eigenvalue weighted by atomic mass is 10.1. The van der Waals surface area contributed by atoms with Gasteiger partial charge < -0.3 is 20.7 Å². The minimum atomic E-state index is -0.189. The lowest BCUT2D eigenvalue weighted by Gasteiger charge is -2.21.